The molecule has 0 aliphatic carbocycles. The van der Waals surface area contributed by atoms with Gasteiger partial charge in [0, 0.05) is 22.2 Å². The highest BCUT2D eigenvalue weighted by Gasteiger charge is 2.10. The summed E-state index contributed by atoms with van der Waals surface area (Å²) in [6, 6.07) is 5.05. The Kier molecular flexibility index (Phi) is 4.00. The summed E-state index contributed by atoms with van der Waals surface area (Å²) in [5, 5.41) is 13.6. The molecule has 4 heteroatoms. The standard InChI is InChI=1S/C9H11Cl2NO/c1-12-5-9(13)7-4-6(10)2-3-8(7)11/h2-4,9,12-13H,5H2,1H3. The Morgan fingerprint density at radius 3 is 2.77 bits per heavy atom. The van der Waals surface area contributed by atoms with E-state index in [0.29, 0.717) is 22.2 Å². The molecule has 0 fully saturated rings. The first kappa shape index (κ1) is 10.8. The van der Waals surface area contributed by atoms with Gasteiger partial charge in [-0.3, -0.25) is 0 Å². The number of aliphatic hydroxyl groups excluding tert-OH is 1. The average Bonchev–Trinajstić information content (AvgIpc) is 2.09. The fraction of sp³-hybridized carbons (Fsp3) is 0.333. The third-order valence-corrected chi connectivity index (χ3v) is 2.29. The average molecular weight is 220 g/mol. The summed E-state index contributed by atoms with van der Waals surface area (Å²) in [7, 11) is 1.77. The topological polar surface area (TPSA) is 32.3 Å². The van der Waals surface area contributed by atoms with Crippen molar-refractivity contribution >= 4 is 23.2 Å². The van der Waals surface area contributed by atoms with Gasteiger partial charge in [0.2, 0.25) is 0 Å². The molecule has 1 aromatic carbocycles. The summed E-state index contributed by atoms with van der Waals surface area (Å²) in [5.74, 6) is 0. The zero-order chi connectivity index (χ0) is 9.84. The van der Waals surface area contributed by atoms with Crippen molar-refractivity contribution in [3.05, 3.63) is 33.8 Å². The molecule has 0 spiro atoms. The molecular weight excluding hydrogens is 209 g/mol. The SMILES string of the molecule is CNCC(O)c1cc(Cl)ccc1Cl. The molecule has 72 valence electrons. The predicted molar refractivity (Wildman–Crippen MR) is 55.3 cm³/mol. The van der Waals surface area contributed by atoms with Crippen LogP contribution in [0, 0.1) is 0 Å². The maximum Gasteiger partial charge on any atom is 0.0929 e. The minimum Gasteiger partial charge on any atom is -0.387 e. The van der Waals surface area contributed by atoms with Gasteiger partial charge >= 0.3 is 0 Å². The second kappa shape index (κ2) is 4.82. The fourth-order valence-corrected chi connectivity index (χ4v) is 1.50. The molecule has 0 aliphatic heterocycles. The molecule has 0 heterocycles. The first-order valence-electron chi connectivity index (χ1n) is 3.92. The third-order valence-electron chi connectivity index (χ3n) is 1.71. The van der Waals surface area contributed by atoms with E-state index in [0.717, 1.165) is 0 Å². The third kappa shape index (κ3) is 2.85. The molecule has 0 amide bonds. The fourth-order valence-electron chi connectivity index (χ4n) is 1.07. The van der Waals surface area contributed by atoms with Gasteiger partial charge in [-0.1, -0.05) is 23.2 Å². The normalized spacial score (nSPS) is 12.9. The molecule has 13 heavy (non-hydrogen) atoms. The zero-order valence-electron chi connectivity index (χ0n) is 7.22. The van der Waals surface area contributed by atoms with Gasteiger partial charge in [-0.25, -0.2) is 0 Å². The van der Waals surface area contributed by atoms with Crippen molar-refractivity contribution in [1.29, 1.82) is 0 Å². The van der Waals surface area contributed by atoms with Crippen LogP contribution in [0.4, 0.5) is 0 Å². The highest BCUT2D eigenvalue weighted by molar-refractivity contribution is 6.33. The van der Waals surface area contributed by atoms with Gasteiger partial charge in [0.1, 0.15) is 0 Å². The number of aliphatic hydroxyl groups is 1. The van der Waals surface area contributed by atoms with E-state index < -0.39 is 6.10 Å². The lowest BCUT2D eigenvalue weighted by Crippen LogP contribution is -2.16. The Hall–Kier alpha value is -0.280. The molecule has 0 aromatic heterocycles. The maximum atomic E-state index is 9.62. The van der Waals surface area contributed by atoms with Gasteiger partial charge in [-0.15, -0.1) is 0 Å². The van der Waals surface area contributed by atoms with E-state index in [9.17, 15) is 5.11 Å². The quantitative estimate of drug-likeness (QED) is 0.818. The summed E-state index contributed by atoms with van der Waals surface area (Å²) < 4.78 is 0. The van der Waals surface area contributed by atoms with E-state index in [1.165, 1.54) is 0 Å². The maximum absolute atomic E-state index is 9.62. The van der Waals surface area contributed by atoms with Crippen molar-refractivity contribution in [2.24, 2.45) is 0 Å². The number of hydrogen-bond donors (Lipinski definition) is 2. The molecule has 2 N–H and O–H groups in total. The molecule has 1 atom stereocenters. The summed E-state index contributed by atoms with van der Waals surface area (Å²) >= 11 is 11.7. The monoisotopic (exact) mass is 219 g/mol. The van der Waals surface area contributed by atoms with Crippen molar-refractivity contribution in [3.63, 3.8) is 0 Å². The molecule has 2 nitrogen and oxygen atoms in total. The van der Waals surface area contributed by atoms with Crippen molar-refractivity contribution in [1.82, 2.24) is 5.32 Å². The first-order chi connectivity index (χ1) is 6.15. The number of benzene rings is 1. The zero-order valence-corrected chi connectivity index (χ0v) is 8.73. The molecule has 0 bridgehead atoms. The Morgan fingerprint density at radius 2 is 2.15 bits per heavy atom. The minimum atomic E-state index is -0.615. The van der Waals surface area contributed by atoms with E-state index >= 15 is 0 Å². The molecule has 0 saturated heterocycles. The number of nitrogens with one attached hydrogen (secondary N) is 1. The Balaban J connectivity index is 2.91. The van der Waals surface area contributed by atoms with Gasteiger partial charge < -0.3 is 10.4 Å². The Bertz CT molecular complexity index is 291. The summed E-state index contributed by atoms with van der Waals surface area (Å²) in [6.45, 7) is 0.458. The van der Waals surface area contributed by atoms with Crippen LogP contribution in [0.15, 0.2) is 18.2 Å². The van der Waals surface area contributed by atoms with Crippen LogP contribution in [0.25, 0.3) is 0 Å². The van der Waals surface area contributed by atoms with E-state index in [2.05, 4.69) is 5.32 Å². The molecule has 0 saturated carbocycles. The van der Waals surface area contributed by atoms with Crippen LogP contribution < -0.4 is 5.32 Å². The largest absolute Gasteiger partial charge is 0.387 e. The predicted octanol–water partition coefficient (Wildman–Crippen LogP) is 2.25. The van der Waals surface area contributed by atoms with Crippen LogP contribution in [-0.4, -0.2) is 18.7 Å². The van der Waals surface area contributed by atoms with Crippen LogP contribution in [0.3, 0.4) is 0 Å². The van der Waals surface area contributed by atoms with Gasteiger partial charge in [-0.2, -0.15) is 0 Å². The molecule has 0 aliphatic rings. The van der Waals surface area contributed by atoms with Gasteiger partial charge in [0.05, 0.1) is 6.10 Å². The van der Waals surface area contributed by atoms with Gasteiger partial charge in [0.15, 0.2) is 0 Å². The van der Waals surface area contributed by atoms with Crippen molar-refractivity contribution < 1.29 is 5.11 Å². The summed E-state index contributed by atoms with van der Waals surface area (Å²) in [6.07, 6.45) is -0.615. The highest BCUT2D eigenvalue weighted by atomic mass is 35.5. The smallest absolute Gasteiger partial charge is 0.0929 e. The lowest BCUT2D eigenvalue weighted by Gasteiger charge is -2.12. The lowest BCUT2D eigenvalue weighted by atomic mass is 10.1. The summed E-state index contributed by atoms with van der Waals surface area (Å²) in [5.41, 5.74) is 0.656. The van der Waals surface area contributed by atoms with E-state index in [1.807, 2.05) is 0 Å². The molecule has 1 rings (SSSR count). The van der Waals surface area contributed by atoms with Crippen LogP contribution >= 0.6 is 23.2 Å². The number of rotatable bonds is 3. The summed E-state index contributed by atoms with van der Waals surface area (Å²) in [4.78, 5) is 0. The van der Waals surface area contributed by atoms with E-state index in [4.69, 9.17) is 23.2 Å². The minimum absolute atomic E-state index is 0.458. The van der Waals surface area contributed by atoms with Crippen LogP contribution in [0.1, 0.15) is 11.7 Å². The number of hydrogen-bond acceptors (Lipinski definition) is 2. The van der Waals surface area contributed by atoms with Crippen LogP contribution in [0.2, 0.25) is 10.0 Å². The van der Waals surface area contributed by atoms with Crippen LogP contribution in [0.5, 0.6) is 0 Å². The first-order valence-corrected chi connectivity index (χ1v) is 4.68. The van der Waals surface area contributed by atoms with Crippen LogP contribution in [-0.2, 0) is 0 Å². The molecule has 0 radical (unpaired) electrons. The highest BCUT2D eigenvalue weighted by Crippen LogP contribution is 2.25. The second-order valence-electron chi connectivity index (χ2n) is 2.74. The number of likely N-dealkylation sites (N-methyl/N-ethyl adjacent to an activating group) is 1. The Morgan fingerprint density at radius 1 is 1.46 bits per heavy atom. The molecule has 1 unspecified atom stereocenters. The second-order valence-corrected chi connectivity index (χ2v) is 3.58. The van der Waals surface area contributed by atoms with Crippen molar-refractivity contribution in [2.75, 3.05) is 13.6 Å². The van der Waals surface area contributed by atoms with Gasteiger partial charge in [0.25, 0.3) is 0 Å². The van der Waals surface area contributed by atoms with E-state index in [1.54, 1.807) is 25.2 Å². The molecular formula is C9H11Cl2NO. The van der Waals surface area contributed by atoms with Crippen molar-refractivity contribution in [2.45, 2.75) is 6.10 Å². The molecule has 1 aromatic rings. The van der Waals surface area contributed by atoms with E-state index in [-0.39, 0.29) is 0 Å². The Labute approximate surface area is 87.5 Å². The lowest BCUT2D eigenvalue weighted by molar-refractivity contribution is 0.178. The number of halogens is 2. The van der Waals surface area contributed by atoms with Gasteiger partial charge in [-0.05, 0) is 25.2 Å². The van der Waals surface area contributed by atoms with Crippen molar-refractivity contribution in [3.8, 4) is 0 Å².